The Morgan fingerprint density at radius 2 is 2.25 bits per heavy atom. The normalized spacial score (nSPS) is 19.4. The highest BCUT2D eigenvalue weighted by atomic mass is 16.5. The third kappa shape index (κ3) is 3.49. The van der Waals surface area contributed by atoms with Gasteiger partial charge in [0.05, 0.1) is 18.8 Å². The molecule has 1 heterocycles. The van der Waals surface area contributed by atoms with Crippen LogP contribution < -0.4 is 5.32 Å². The Hall–Kier alpha value is -0.540. The monoisotopic (exact) mass is 227 g/mol. The van der Waals surface area contributed by atoms with Crippen molar-refractivity contribution in [2.45, 2.75) is 45.8 Å². The van der Waals surface area contributed by atoms with E-state index in [1.165, 1.54) is 0 Å². The van der Waals surface area contributed by atoms with Crippen LogP contribution in [0.1, 0.15) is 33.6 Å². The molecule has 0 bridgehead atoms. The molecule has 0 aromatic rings. The van der Waals surface area contributed by atoms with Gasteiger partial charge in [0.25, 0.3) is 0 Å². The number of hydrogen-bond donors (Lipinski definition) is 1. The molecule has 1 rings (SSSR count). The smallest absolute Gasteiger partial charge is 0.112 e. The van der Waals surface area contributed by atoms with E-state index in [-0.39, 0.29) is 12.1 Å². The molecule has 16 heavy (non-hydrogen) atoms. The Bertz CT molecular complexity index is 226. The van der Waals surface area contributed by atoms with Crippen LogP contribution in [0, 0.1) is 5.92 Å². The van der Waals surface area contributed by atoms with Gasteiger partial charge in [-0.3, -0.25) is 0 Å². The minimum Gasteiger partial charge on any atom is -0.496 e. The van der Waals surface area contributed by atoms with Crippen molar-refractivity contribution in [1.29, 1.82) is 0 Å². The van der Waals surface area contributed by atoms with E-state index in [1.54, 1.807) is 7.11 Å². The molecule has 0 aromatic carbocycles. The van der Waals surface area contributed by atoms with Gasteiger partial charge in [0.2, 0.25) is 0 Å². The van der Waals surface area contributed by atoms with Gasteiger partial charge >= 0.3 is 0 Å². The van der Waals surface area contributed by atoms with Gasteiger partial charge in [-0.15, -0.1) is 0 Å². The van der Waals surface area contributed by atoms with Gasteiger partial charge in [-0.2, -0.15) is 0 Å². The standard InChI is InChI=1S/C13H25NO2/c1-5-8-14-12(11-7-6-9-16-11)13(15-4)10(2)3/h7,10,12-14H,5-6,8-9H2,1-4H3. The summed E-state index contributed by atoms with van der Waals surface area (Å²) in [6.45, 7) is 8.35. The first-order chi connectivity index (χ1) is 7.70. The SMILES string of the molecule is CCCNC(C1=CCCO1)C(OC)C(C)C. The Labute approximate surface area is 99.2 Å². The van der Waals surface area contributed by atoms with Crippen molar-refractivity contribution in [3.63, 3.8) is 0 Å². The number of hydrogen-bond acceptors (Lipinski definition) is 3. The molecule has 0 aliphatic carbocycles. The first kappa shape index (κ1) is 13.5. The van der Waals surface area contributed by atoms with E-state index in [1.807, 2.05) is 0 Å². The van der Waals surface area contributed by atoms with Gasteiger partial charge < -0.3 is 14.8 Å². The molecule has 0 amide bonds. The van der Waals surface area contributed by atoms with E-state index >= 15 is 0 Å². The molecule has 1 aliphatic heterocycles. The summed E-state index contributed by atoms with van der Waals surface area (Å²) in [6, 6.07) is 0.201. The summed E-state index contributed by atoms with van der Waals surface area (Å²) >= 11 is 0. The van der Waals surface area contributed by atoms with Gasteiger partial charge in [0.15, 0.2) is 0 Å². The van der Waals surface area contributed by atoms with Crippen LogP contribution in [0.15, 0.2) is 11.8 Å². The lowest BCUT2D eigenvalue weighted by Gasteiger charge is -2.30. The highest BCUT2D eigenvalue weighted by Crippen LogP contribution is 2.21. The van der Waals surface area contributed by atoms with E-state index in [9.17, 15) is 0 Å². The topological polar surface area (TPSA) is 30.5 Å². The molecular formula is C13H25NO2. The Morgan fingerprint density at radius 3 is 2.69 bits per heavy atom. The second-order valence-corrected chi connectivity index (χ2v) is 4.62. The Morgan fingerprint density at radius 1 is 1.50 bits per heavy atom. The van der Waals surface area contributed by atoms with Crippen LogP contribution in [0.3, 0.4) is 0 Å². The van der Waals surface area contributed by atoms with E-state index in [2.05, 4.69) is 32.2 Å². The van der Waals surface area contributed by atoms with Crippen molar-refractivity contribution in [2.24, 2.45) is 5.92 Å². The van der Waals surface area contributed by atoms with Crippen LogP contribution >= 0.6 is 0 Å². The molecular weight excluding hydrogens is 202 g/mol. The fraction of sp³-hybridized carbons (Fsp3) is 0.846. The van der Waals surface area contributed by atoms with Gasteiger partial charge in [0.1, 0.15) is 5.76 Å². The minimum atomic E-state index is 0.177. The molecule has 94 valence electrons. The van der Waals surface area contributed by atoms with E-state index < -0.39 is 0 Å². The van der Waals surface area contributed by atoms with Crippen LogP contribution in [0.25, 0.3) is 0 Å². The van der Waals surface area contributed by atoms with E-state index in [0.29, 0.717) is 5.92 Å². The molecule has 0 saturated carbocycles. The second-order valence-electron chi connectivity index (χ2n) is 4.62. The van der Waals surface area contributed by atoms with Crippen molar-refractivity contribution >= 4 is 0 Å². The molecule has 2 atom stereocenters. The summed E-state index contributed by atoms with van der Waals surface area (Å²) in [7, 11) is 1.78. The largest absolute Gasteiger partial charge is 0.496 e. The minimum absolute atomic E-state index is 0.177. The predicted molar refractivity (Wildman–Crippen MR) is 66.4 cm³/mol. The summed E-state index contributed by atoms with van der Waals surface area (Å²) in [5.74, 6) is 1.54. The summed E-state index contributed by atoms with van der Waals surface area (Å²) < 4.78 is 11.3. The summed E-state index contributed by atoms with van der Waals surface area (Å²) in [5, 5.41) is 3.53. The van der Waals surface area contributed by atoms with Crippen LogP contribution in [0.2, 0.25) is 0 Å². The zero-order valence-electron chi connectivity index (χ0n) is 11.0. The van der Waals surface area contributed by atoms with Gasteiger partial charge in [-0.1, -0.05) is 20.8 Å². The molecule has 0 aromatic heterocycles. The van der Waals surface area contributed by atoms with Crippen LogP contribution in [-0.2, 0) is 9.47 Å². The van der Waals surface area contributed by atoms with Crippen LogP contribution in [0.5, 0.6) is 0 Å². The van der Waals surface area contributed by atoms with Crippen molar-refractivity contribution in [1.82, 2.24) is 5.32 Å². The van der Waals surface area contributed by atoms with Crippen molar-refractivity contribution in [3.05, 3.63) is 11.8 Å². The van der Waals surface area contributed by atoms with Crippen LogP contribution in [0.4, 0.5) is 0 Å². The lowest BCUT2D eigenvalue weighted by atomic mass is 9.97. The maximum Gasteiger partial charge on any atom is 0.112 e. The zero-order valence-corrected chi connectivity index (χ0v) is 11.0. The molecule has 0 fully saturated rings. The molecule has 0 radical (unpaired) electrons. The molecule has 3 nitrogen and oxygen atoms in total. The van der Waals surface area contributed by atoms with Crippen molar-refractivity contribution < 1.29 is 9.47 Å². The summed E-state index contributed by atoms with van der Waals surface area (Å²) in [5.41, 5.74) is 0. The Balaban J connectivity index is 2.67. The zero-order chi connectivity index (χ0) is 12.0. The third-order valence-corrected chi connectivity index (χ3v) is 2.91. The lowest BCUT2D eigenvalue weighted by molar-refractivity contribution is 0.0268. The number of nitrogens with one attached hydrogen (secondary N) is 1. The van der Waals surface area contributed by atoms with Gasteiger partial charge in [-0.05, 0) is 25.0 Å². The first-order valence-corrected chi connectivity index (χ1v) is 6.29. The molecule has 1 N–H and O–H groups in total. The quantitative estimate of drug-likeness (QED) is 0.724. The summed E-state index contributed by atoms with van der Waals surface area (Å²) in [6.07, 6.45) is 4.50. The Kier molecular flexibility index (Phi) is 5.85. The average molecular weight is 227 g/mol. The van der Waals surface area contributed by atoms with E-state index in [0.717, 1.165) is 31.8 Å². The fourth-order valence-corrected chi connectivity index (χ4v) is 2.13. The van der Waals surface area contributed by atoms with Gasteiger partial charge in [0, 0.05) is 13.5 Å². The number of ether oxygens (including phenoxy) is 2. The summed E-state index contributed by atoms with van der Waals surface area (Å²) in [4.78, 5) is 0. The number of methoxy groups -OCH3 is 1. The first-order valence-electron chi connectivity index (χ1n) is 6.29. The predicted octanol–water partition coefficient (Wildman–Crippen LogP) is 2.33. The van der Waals surface area contributed by atoms with Gasteiger partial charge in [-0.25, -0.2) is 0 Å². The lowest BCUT2D eigenvalue weighted by Crippen LogP contribution is -2.45. The second kappa shape index (κ2) is 6.92. The van der Waals surface area contributed by atoms with Crippen molar-refractivity contribution in [3.8, 4) is 0 Å². The fourth-order valence-electron chi connectivity index (χ4n) is 2.13. The van der Waals surface area contributed by atoms with Crippen molar-refractivity contribution in [2.75, 3.05) is 20.3 Å². The third-order valence-electron chi connectivity index (χ3n) is 2.91. The average Bonchev–Trinajstić information content (AvgIpc) is 2.76. The van der Waals surface area contributed by atoms with Crippen LogP contribution in [-0.4, -0.2) is 32.4 Å². The molecule has 0 spiro atoms. The maximum atomic E-state index is 5.66. The number of rotatable bonds is 7. The highest BCUT2D eigenvalue weighted by molar-refractivity contribution is 5.10. The maximum absolute atomic E-state index is 5.66. The highest BCUT2D eigenvalue weighted by Gasteiger charge is 2.29. The molecule has 1 aliphatic rings. The molecule has 3 heteroatoms. The molecule has 2 unspecified atom stereocenters. The molecule has 0 saturated heterocycles. The van der Waals surface area contributed by atoms with E-state index in [4.69, 9.17) is 9.47 Å².